The third-order valence-corrected chi connectivity index (χ3v) is 7.68. The van der Waals surface area contributed by atoms with Crippen molar-refractivity contribution in [3.8, 4) is 11.5 Å². The van der Waals surface area contributed by atoms with Crippen LogP contribution in [-0.4, -0.2) is 56.2 Å². The number of fused-ring (bicyclic) bond motifs is 1. The number of benzene rings is 1. The summed E-state index contributed by atoms with van der Waals surface area (Å²) in [5, 5.41) is -0.428. The Morgan fingerprint density at radius 1 is 1.22 bits per heavy atom. The lowest BCUT2D eigenvalue weighted by molar-refractivity contribution is -0.136. The fraction of sp³-hybridized carbons (Fsp3) is 0.611. The van der Waals surface area contributed by atoms with Gasteiger partial charge in [0.25, 0.3) is 0 Å². The number of sulfone groups is 1. The molecule has 1 aromatic rings. The van der Waals surface area contributed by atoms with Gasteiger partial charge in [0.15, 0.2) is 21.3 Å². The third-order valence-electron chi connectivity index (χ3n) is 5.23. The zero-order valence-electron chi connectivity index (χ0n) is 15.5. The number of hydrazine groups is 1. The van der Waals surface area contributed by atoms with Crippen LogP contribution in [0.25, 0.3) is 0 Å². The van der Waals surface area contributed by atoms with E-state index in [0.717, 1.165) is 11.3 Å². The summed E-state index contributed by atoms with van der Waals surface area (Å²) in [5.74, 6) is 1.66. The van der Waals surface area contributed by atoms with E-state index in [1.165, 1.54) is 0 Å². The Labute approximate surface area is 159 Å². The van der Waals surface area contributed by atoms with Crippen molar-refractivity contribution >= 4 is 15.7 Å². The number of amides is 1. The monoisotopic (exact) mass is 395 g/mol. The van der Waals surface area contributed by atoms with E-state index in [-0.39, 0.29) is 36.5 Å². The summed E-state index contributed by atoms with van der Waals surface area (Å²) in [4.78, 5) is 14.3. The molecule has 8 nitrogen and oxygen atoms in total. The lowest BCUT2D eigenvalue weighted by atomic mass is 10.0. The number of carbonyl (C=O) groups is 1. The van der Waals surface area contributed by atoms with Crippen molar-refractivity contribution in [2.45, 2.75) is 37.6 Å². The molecule has 3 heterocycles. The van der Waals surface area contributed by atoms with Crippen molar-refractivity contribution in [3.05, 3.63) is 23.8 Å². The van der Waals surface area contributed by atoms with Crippen molar-refractivity contribution in [1.82, 2.24) is 15.8 Å². The molecule has 0 aromatic heterocycles. The maximum Gasteiger partial charge on any atom is 0.241 e. The highest BCUT2D eigenvalue weighted by molar-refractivity contribution is 7.92. The SMILES string of the molecule is CC(C)CS(=O)(=O)C1CN(C(=O)C2CC(c3ccc4c(c3)OCO4)NN2)C1. The second kappa shape index (κ2) is 6.96. The Morgan fingerprint density at radius 2 is 1.96 bits per heavy atom. The van der Waals surface area contributed by atoms with E-state index < -0.39 is 15.1 Å². The van der Waals surface area contributed by atoms with Crippen molar-refractivity contribution < 1.29 is 22.7 Å². The first kappa shape index (κ1) is 18.5. The van der Waals surface area contributed by atoms with E-state index in [1.807, 2.05) is 32.0 Å². The van der Waals surface area contributed by atoms with Gasteiger partial charge < -0.3 is 14.4 Å². The van der Waals surface area contributed by atoms with Crippen LogP contribution < -0.4 is 20.3 Å². The third kappa shape index (κ3) is 3.63. The Bertz CT molecular complexity index is 835. The van der Waals surface area contributed by atoms with Crippen LogP contribution in [0.2, 0.25) is 0 Å². The molecule has 0 bridgehead atoms. The topological polar surface area (TPSA) is 97.0 Å². The molecular weight excluding hydrogens is 370 g/mol. The normalized spacial score (nSPS) is 25.1. The quantitative estimate of drug-likeness (QED) is 0.754. The predicted octanol–water partition coefficient (Wildman–Crippen LogP) is 0.605. The second-order valence-corrected chi connectivity index (χ2v) is 10.2. The van der Waals surface area contributed by atoms with Crippen molar-refractivity contribution in [3.63, 3.8) is 0 Å². The Morgan fingerprint density at radius 3 is 2.70 bits per heavy atom. The average molecular weight is 395 g/mol. The molecule has 0 saturated carbocycles. The van der Waals surface area contributed by atoms with Crippen LogP contribution in [0, 0.1) is 5.92 Å². The minimum absolute atomic E-state index is 0.0183. The van der Waals surface area contributed by atoms with Crippen LogP contribution in [0.3, 0.4) is 0 Å². The van der Waals surface area contributed by atoms with Crippen molar-refractivity contribution in [1.29, 1.82) is 0 Å². The molecule has 148 valence electrons. The first-order valence-electron chi connectivity index (χ1n) is 9.24. The van der Waals surface area contributed by atoms with E-state index in [0.29, 0.717) is 25.3 Å². The molecule has 2 saturated heterocycles. The van der Waals surface area contributed by atoms with Crippen molar-refractivity contribution in [2.24, 2.45) is 5.92 Å². The molecule has 1 amide bonds. The van der Waals surface area contributed by atoms with Crippen LogP contribution >= 0.6 is 0 Å². The predicted molar refractivity (Wildman–Crippen MR) is 99.0 cm³/mol. The van der Waals surface area contributed by atoms with E-state index in [4.69, 9.17) is 9.47 Å². The smallest absolute Gasteiger partial charge is 0.241 e. The fourth-order valence-electron chi connectivity index (χ4n) is 3.73. The average Bonchev–Trinajstić information content (AvgIpc) is 3.20. The maximum atomic E-state index is 12.7. The van der Waals surface area contributed by atoms with E-state index in [2.05, 4.69) is 10.9 Å². The minimum atomic E-state index is -3.13. The summed E-state index contributed by atoms with van der Waals surface area (Å²) >= 11 is 0. The molecule has 1 aromatic carbocycles. The second-order valence-electron chi connectivity index (χ2n) is 7.83. The van der Waals surface area contributed by atoms with Gasteiger partial charge in [-0.15, -0.1) is 0 Å². The molecule has 27 heavy (non-hydrogen) atoms. The molecule has 4 rings (SSSR count). The lowest BCUT2D eigenvalue weighted by Gasteiger charge is -2.40. The number of hydrogen-bond donors (Lipinski definition) is 2. The summed E-state index contributed by atoms with van der Waals surface area (Å²) in [6.45, 7) is 4.60. The molecule has 0 spiro atoms. The van der Waals surface area contributed by atoms with Gasteiger partial charge in [-0.25, -0.2) is 19.3 Å². The number of carbonyl (C=O) groups excluding carboxylic acids is 1. The maximum absolute atomic E-state index is 12.7. The standard InChI is InChI=1S/C18H25N3O5S/c1-11(2)9-27(23,24)13-7-21(8-13)18(22)15-6-14(19-20-15)12-3-4-16-17(5-12)26-10-25-16/h3-5,11,13-15,19-20H,6-10H2,1-2H3. The molecular formula is C18H25N3O5S. The largest absolute Gasteiger partial charge is 0.454 e. The summed E-state index contributed by atoms with van der Waals surface area (Å²) < 4.78 is 35.2. The van der Waals surface area contributed by atoms with Gasteiger partial charge in [-0.05, 0) is 30.0 Å². The number of ether oxygens (including phenoxy) is 2. The van der Waals surface area contributed by atoms with Gasteiger partial charge in [0.2, 0.25) is 12.7 Å². The Hall–Kier alpha value is -1.84. The van der Waals surface area contributed by atoms with Gasteiger partial charge in [-0.2, -0.15) is 0 Å². The number of hydrogen-bond acceptors (Lipinski definition) is 7. The first-order valence-corrected chi connectivity index (χ1v) is 11.0. The zero-order valence-corrected chi connectivity index (χ0v) is 16.3. The number of nitrogens with one attached hydrogen (secondary N) is 2. The van der Waals surface area contributed by atoms with Crippen LogP contribution in [0.15, 0.2) is 18.2 Å². The lowest BCUT2D eigenvalue weighted by Crippen LogP contribution is -2.61. The van der Waals surface area contributed by atoms with Gasteiger partial charge in [0.05, 0.1) is 11.0 Å². The van der Waals surface area contributed by atoms with Gasteiger partial charge >= 0.3 is 0 Å². The summed E-state index contributed by atoms with van der Waals surface area (Å²) in [5.41, 5.74) is 7.22. The van der Waals surface area contributed by atoms with Crippen LogP contribution in [0.1, 0.15) is 31.9 Å². The fourth-order valence-corrected chi connectivity index (χ4v) is 5.75. The van der Waals surface area contributed by atoms with Crippen molar-refractivity contribution in [2.75, 3.05) is 25.6 Å². The molecule has 2 N–H and O–H groups in total. The molecule has 3 aliphatic rings. The molecule has 3 aliphatic heterocycles. The number of likely N-dealkylation sites (tertiary alicyclic amines) is 1. The van der Waals surface area contributed by atoms with Gasteiger partial charge in [0, 0.05) is 19.1 Å². The molecule has 0 radical (unpaired) electrons. The summed E-state index contributed by atoms with van der Waals surface area (Å²) in [6.07, 6.45) is 0.596. The molecule has 2 unspecified atom stereocenters. The van der Waals surface area contributed by atoms with Gasteiger partial charge in [-0.3, -0.25) is 4.79 Å². The highest BCUT2D eigenvalue weighted by atomic mass is 32.2. The molecule has 0 aliphatic carbocycles. The van der Waals surface area contributed by atoms with Crippen LogP contribution in [-0.2, 0) is 14.6 Å². The van der Waals surface area contributed by atoms with Crippen LogP contribution in [0.4, 0.5) is 0 Å². The number of rotatable bonds is 5. The number of nitrogens with zero attached hydrogens (tertiary/aromatic N) is 1. The summed E-state index contributed by atoms with van der Waals surface area (Å²) in [6, 6.07) is 5.36. The zero-order chi connectivity index (χ0) is 19.2. The Balaban J connectivity index is 1.33. The first-order chi connectivity index (χ1) is 12.8. The molecule has 2 fully saturated rings. The van der Waals surface area contributed by atoms with E-state index in [1.54, 1.807) is 4.90 Å². The highest BCUT2D eigenvalue weighted by Crippen LogP contribution is 2.36. The van der Waals surface area contributed by atoms with Crippen LogP contribution in [0.5, 0.6) is 11.5 Å². The van der Waals surface area contributed by atoms with Gasteiger partial charge in [-0.1, -0.05) is 19.9 Å². The molecule has 9 heteroatoms. The highest BCUT2D eigenvalue weighted by Gasteiger charge is 2.43. The van der Waals surface area contributed by atoms with E-state index in [9.17, 15) is 13.2 Å². The summed E-state index contributed by atoms with van der Waals surface area (Å²) in [7, 11) is -3.13. The van der Waals surface area contributed by atoms with Gasteiger partial charge in [0.1, 0.15) is 6.04 Å². The molecule has 2 atom stereocenters. The minimum Gasteiger partial charge on any atom is -0.454 e. The van der Waals surface area contributed by atoms with E-state index >= 15 is 0 Å². The Kier molecular flexibility index (Phi) is 4.77.